The van der Waals surface area contributed by atoms with Crippen molar-refractivity contribution in [3.05, 3.63) is 51.8 Å². The Hall–Kier alpha value is -3.43. The molecule has 1 saturated heterocycles. The predicted molar refractivity (Wildman–Crippen MR) is 108 cm³/mol. The van der Waals surface area contributed by atoms with Crippen LogP contribution in [0.5, 0.6) is 0 Å². The van der Waals surface area contributed by atoms with Crippen LogP contribution < -0.4 is 10.2 Å². The zero-order chi connectivity index (χ0) is 20.8. The summed E-state index contributed by atoms with van der Waals surface area (Å²) in [4.78, 5) is 34.8. The van der Waals surface area contributed by atoms with Gasteiger partial charge in [0.2, 0.25) is 11.6 Å². The van der Waals surface area contributed by atoms with Gasteiger partial charge in [-0.1, -0.05) is 29.8 Å². The van der Waals surface area contributed by atoms with Gasteiger partial charge >= 0.3 is 11.8 Å². The molecule has 1 fully saturated rings. The van der Waals surface area contributed by atoms with Gasteiger partial charge in [-0.15, -0.1) is 0 Å². The number of nitro groups is 1. The second kappa shape index (κ2) is 9.18. The molecule has 0 saturated carbocycles. The van der Waals surface area contributed by atoms with Crippen LogP contribution in [0.15, 0.2) is 30.6 Å². The molecule has 1 N–H and O–H groups in total. The number of carbonyl (C=O) groups is 1. The van der Waals surface area contributed by atoms with Crippen molar-refractivity contribution < 1.29 is 14.5 Å². The highest BCUT2D eigenvalue weighted by Gasteiger charge is 2.30. The van der Waals surface area contributed by atoms with Gasteiger partial charge < -0.3 is 19.9 Å². The Kier molecular flexibility index (Phi) is 6.43. The molecule has 3 rings (SSSR count). The first-order chi connectivity index (χ1) is 14.0. The van der Waals surface area contributed by atoms with Gasteiger partial charge in [-0.25, -0.2) is 14.8 Å². The van der Waals surface area contributed by atoms with Crippen molar-refractivity contribution in [1.82, 2.24) is 14.9 Å². The molecule has 0 atom stereocenters. The SMILES string of the molecule is CCOC(=O)N1CCN(c2ncnc(NCc3ccc(C)cc3)c2[N+](=O)[O-])CC1. The number of rotatable bonds is 6. The highest BCUT2D eigenvalue weighted by Crippen LogP contribution is 2.32. The molecule has 1 aromatic carbocycles. The summed E-state index contributed by atoms with van der Waals surface area (Å²) in [6.07, 6.45) is 0.946. The van der Waals surface area contributed by atoms with Crippen molar-refractivity contribution in [3.63, 3.8) is 0 Å². The normalized spacial score (nSPS) is 13.9. The van der Waals surface area contributed by atoms with Gasteiger partial charge in [0.1, 0.15) is 6.33 Å². The van der Waals surface area contributed by atoms with E-state index in [2.05, 4.69) is 15.3 Å². The van der Waals surface area contributed by atoms with Gasteiger partial charge in [0.25, 0.3) is 0 Å². The molecular formula is C19H24N6O4. The Morgan fingerprint density at radius 2 is 1.90 bits per heavy atom. The first kappa shape index (κ1) is 20.3. The molecule has 1 aliphatic heterocycles. The van der Waals surface area contributed by atoms with E-state index in [1.165, 1.54) is 6.33 Å². The molecule has 2 heterocycles. The summed E-state index contributed by atoms with van der Waals surface area (Å²) in [7, 11) is 0. The highest BCUT2D eigenvalue weighted by atomic mass is 16.6. The number of nitrogens with zero attached hydrogens (tertiary/aromatic N) is 5. The van der Waals surface area contributed by atoms with Gasteiger partial charge in [-0.05, 0) is 19.4 Å². The van der Waals surface area contributed by atoms with Crippen LogP contribution in [-0.4, -0.2) is 58.7 Å². The van der Waals surface area contributed by atoms with Crippen LogP contribution in [0.1, 0.15) is 18.1 Å². The maximum atomic E-state index is 11.9. The maximum absolute atomic E-state index is 11.9. The van der Waals surface area contributed by atoms with Crippen LogP contribution in [0.25, 0.3) is 0 Å². The summed E-state index contributed by atoms with van der Waals surface area (Å²) >= 11 is 0. The number of carbonyl (C=O) groups excluding carboxylic acids is 1. The number of hydrogen-bond acceptors (Lipinski definition) is 8. The molecule has 1 aliphatic rings. The number of anilines is 2. The molecule has 10 nitrogen and oxygen atoms in total. The molecule has 2 aromatic rings. The fourth-order valence-corrected chi connectivity index (χ4v) is 3.11. The molecule has 1 aromatic heterocycles. The Balaban J connectivity index is 1.74. The van der Waals surface area contributed by atoms with Crippen molar-refractivity contribution >= 4 is 23.4 Å². The lowest BCUT2D eigenvalue weighted by Crippen LogP contribution is -2.49. The molecule has 0 spiro atoms. The van der Waals surface area contributed by atoms with Crippen molar-refractivity contribution in [3.8, 4) is 0 Å². The fourth-order valence-electron chi connectivity index (χ4n) is 3.11. The minimum atomic E-state index is -0.468. The number of aromatic nitrogens is 2. The Labute approximate surface area is 168 Å². The standard InChI is InChI=1S/C19H24N6O4/c1-3-29-19(26)24-10-8-23(9-11-24)18-16(25(27)28)17(21-13-22-18)20-12-15-6-4-14(2)5-7-15/h4-7,13H,3,8-12H2,1-2H3,(H,20,21,22). The van der Waals surface area contributed by atoms with Crippen molar-refractivity contribution in [2.75, 3.05) is 43.0 Å². The summed E-state index contributed by atoms with van der Waals surface area (Å²) in [5.41, 5.74) is 1.98. The van der Waals surface area contributed by atoms with Crippen LogP contribution in [0.2, 0.25) is 0 Å². The number of hydrogen-bond donors (Lipinski definition) is 1. The maximum Gasteiger partial charge on any atom is 0.409 e. The van der Waals surface area contributed by atoms with E-state index in [0.29, 0.717) is 39.3 Å². The van der Waals surface area contributed by atoms with E-state index in [9.17, 15) is 14.9 Å². The Bertz CT molecular complexity index is 866. The number of ether oxygens (including phenoxy) is 1. The number of nitrogens with one attached hydrogen (secondary N) is 1. The van der Waals surface area contributed by atoms with E-state index >= 15 is 0 Å². The topological polar surface area (TPSA) is 114 Å². The third kappa shape index (κ3) is 4.89. The molecule has 0 aliphatic carbocycles. The smallest absolute Gasteiger partial charge is 0.409 e. The van der Waals surface area contributed by atoms with Gasteiger partial charge in [-0.3, -0.25) is 10.1 Å². The average Bonchev–Trinajstić information content (AvgIpc) is 2.73. The molecular weight excluding hydrogens is 376 g/mol. The van der Waals surface area contributed by atoms with E-state index in [0.717, 1.165) is 11.1 Å². The first-order valence-corrected chi connectivity index (χ1v) is 9.45. The minimum absolute atomic E-state index is 0.163. The zero-order valence-corrected chi connectivity index (χ0v) is 16.5. The van der Waals surface area contributed by atoms with Crippen molar-refractivity contribution in [2.24, 2.45) is 0 Å². The van der Waals surface area contributed by atoms with Gasteiger partial charge in [0.15, 0.2) is 0 Å². The lowest BCUT2D eigenvalue weighted by Gasteiger charge is -2.34. The van der Waals surface area contributed by atoms with E-state index in [4.69, 9.17) is 4.74 Å². The average molecular weight is 400 g/mol. The summed E-state index contributed by atoms with van der Waals surface area (Å²) in [5.74, 6) is 0.424. The zero-order valence-electron chi connectivity index (χ0n) is 16.5. The highest BCUT2D eigenvalue weighted by molar-refractivity contribution is 5.71. The van der Waals surface area contributed by atoms with Gasteiger partial charge in [-0.2, -0.15) is 0 Å². The molecule has 154 valence electrons. The van der Waals surface area contributed by atoms with E-state index < -0.39 is 4.92 Å². The summed E-state index contributed by atoms with van der Waals surface area (Å²) in [6.45, 7) is 6.14. The van der Waals surface area contributed by atoms with E-state index in [1.807, 2.05) is 31.2 Å². The second-order valence-electron chi connectivity index (χ2n) is 6.66. The monoisotopic (exact) mass is 400 g/mol. The Morgan fingerprint density at radius 1 is 1.21 bits per heavy atom. The Morgan fingerprint density at radius 3 is 2.52 bits per heavy atom. The quantitative estimate of drug-likeness (QED) is 0.581. The molecule has 10 heteroatoms. The second-order valence-corrected chi connectivity index (χ2v) is 6.66. The number of benzene rings is 1. The lowest BCUT2D eigenvalue weighted by molar-refractivity contribution is -0.383. The van der Waals surface area contributed by atoms with Crippen LogP contribution in [-0.2, 0) is 11.3 Å². The van der Waals surface area contributed by atoms with Crippen LogP contribution in [0.3, 0.4) is 0 Å². The number of piperazine rings is 1. The fraction of sp³-hybridized carbons (Fsp3) is 0.421. The predicted octanol–water partition coefficient (Wildman–Crippen LogP) is 2.58. The van der Waals surface area contributed by atoms with E-state index in [-0.39, 0.29) is 23.4 Å². The van der Waals surface area contributed by atoms with Crippen molar-refractivity contribution in [2.45, 2.75) is 20.4 Å². The third-order valence-corrected chi connectivity index (χ3v) is 4.67. The number of amides is 1. The van der Waals surface area contributed by atoms with Crippen LogP contribution in [0, 0.1) is 17.0 Å². The van der Waals surface area contributed by atoms with Crippen molar-refractivity contribution in [1.29, 1.82) is 0 Å². The summed E-state index contributed by atoms with van der Waals surface area (Å²) < 4.78 is 5.01. The summed E-state index contributed by atoms with van der Waals surface area (Å²) in [5, 5.41) is 14.8. The first-order valence-electron chi connectivity index (χ1n) is 9.45. The van der Waals surface area contributed by atoms with Gasteiger partial charge in [0.05, 0.1) is 11.5 Å². The minimum Gasteiger partial charge on any atom is -0.450 e. The molecule has 29 heavy (non-hydrogen) atoms. The van der Waals surface area contributed by atoms with Crippen LogP contribution >= 0.6 is 0 Å². The third-order valence-electron chi connectivity index (χ3n) is 4.67. The van der Waals surface area contributed by atoms with Gasteiger partial charge in [0, 0.05) is 32.7 Å². The molecule has 0 radical (unpaired) electrons. The lowest BCUT2D eigenvalue weighted by atomic mass is 10.1. The largest absolute Gasteiger partial charge is 0.450 e. The molecule has 1 amide bonds. The molecule has 0 bridgehead atoms. The molecule has 0 unspecified atom stereocenters. The van der Waals surface area contributed by atoms with Crippen LogP contribution in [0.4, 0.5) is 22.1 Å². The number of aryl methyl sites for hydroxylation is 1. The summed E-state index contributed by atoms with van der Waals surface area (Å²) in [6, 6.07) is 7.90. The van der Waals surface area contributed by atoms with E-state index in [1.54, 1.807) is 16.7 Å².